The lowest BCUT2D eigenvalue weighted by Gasteiger charge is -2.16. The molecule has 0 bridgehead atoms. The van der Waals surface area contributed by atoms with E-state index in [4.69, 9.17) is 5.11 Å². The first-order chi connectivity index (χ1) is 14.1. The number of carbonyl (C=O) groups excluding carboxylic acids is 1. The van der Waals surface area contributed by atoms with Crippen LogP contribution in [0.1, 0.15) is 5.56 Å². The van der Waals surface area contributed by atoms with Crippen LogP contribution in [0.4, 0.5) is 10.5 Å². The van der Waals surface area contributed by atoms with Crippen LogP contribution in [0, 0.1) is 0 Å². The third-order valence-electron chi connectivity index (χ3n) is 4.34. The van der Waals surface area contributed by atoms with Crippen molar-refractivity contribution in [3.63, 3.8) is 0 Å². The van der Waals surface area contributed by atoms with Crippen molar-refractivity contribution < 1.29 is 14.7 Å². The number of anilines is 1. The maximum atomic E-state index is 12.4. The summed E-state index contributed by atoms with van der Waals surface area (Å²) in [5, 5.41) is 14.5. The molecule has 0 fully saturated rings. The van der Waals surface area contributed by atoms with Crippen molar-refractivity contribution in [2.45, 2.75) is 12.5 Å². The molecule has 0 spiro atoms. The van der Waals surface area contributed by atoms with Gasteiger partial charge in [0.1, 0.15) is 0 Å². The molecule has 5 heteroatoms. The minimum absolute atomic E-state index is 0.395. The first-order valence-corrected chi connectivity index (χ1v) is 9.28. The molecule has 0 heterocycles. The van der Waals surface area contributed by atoms with E-state index in [1.54, 1.807) is 0 Å². The van der Waals surface area contributed by atoms with Crippen LogP contribution in [0.5, 0.6) is 0 Å². The molecule has 0 saturated carbocycles. The van der Waals surface area contributed by atoms with Crippen LogP contribution >= 0.6 is 0 Å². The lowest BCUT2D eigenvalue weighted by atomic mass is 10.1. The molecule has 0 radical (unpaired) electrons. The predicted molar refractivity (Wildman–Crippen MR) is 115 cm³/mol. The van der Waals surface area contributed by atoms with Gasteiger partial charge in [-0.2, -0.15) is 0 Å². The number of nitrogens with one attached hydrogen (secondary N) is 2. The number of carboxylic acids is 1. The van der Waals surface area contributed by atoms with E-state index in [-0.39, 0.29) is 0 Å². The van der Waals surface area contributed by atoms with Crippen molar-refractivity contribution in [1.29, 1.82) is 0 Å². The molecule has 146 valence electrons. The third-order valence-corrected chi connectivity index (χ3v) is 4.34. The van der Waals surface area contributed by atoms with Gasteiger partial charge in [-0.05, 0) is 35.2 Å². The minimum atomic E-state index is -1.05. The van der Waals surface area contributed by atoms with E-state index in [1.807, 2.05) is 84.9 Å². The Morgan fingerprint density at radius 3 is 2.03 bits per heavy atom. The highest BCUT2D eigenvalue weighted by Crippen LogP contribution is 2.21. The zero-order chi connectivity index (χ0) is 20.5. The van der Waals surface area contributed by atoms with E-state index in [1.165, 1.54) is 6.08 Å². The summed E-state index contributed by atoms with van der Waals surface area (Å²) >= 11 is 0. The normalized spacial score (nSPS) is 11.7. The number of amides is 2. The van der Waals surface area contributed by atoms with Gasteiger partial charge >= 0.3 is 12.0 Å². The fraction of sp³-hybridized carbons (Fsp3) is 0.0833. The monoisotopic (exact) mass is 386 g/mol. The second-order valence-electron chi connectivity index (χ2n) is 6.54. The molecular weight excluding hydrogens is 364 g/mol. The van der Waals surface area contributed by atoms with Gasteiger partial charge in [0.2, 0.25) is 0 Å². The van der Waals surface area contributed by atoms with Crippen LogP contribution in [-0.2, 0) is 11.2 Å². The molecule has 0 unspecified atom stereocenters. The second kappa shape index (κ2) is 9.90. The number of rotatable bonds is 7. The number of aliphatic carboxylic acids is 1. The van der Waals surface area contributed by atoms with Crippen LogP contribution in [0.15, 0.2) is 97.1 Å². The molecular formula is C24H22N2O3. The lowest BCUT2D eigenvalue weighted by molar-refractivity contribution is -0.131. The number of hydrogen-bond donors (Lipinski definition) is 3. The summed E-state index contributed by atoms with van der Waals surface area (Å²) in [6.07, 6.45) is 3.01. The zero-order valence-electron chi connectivity index (χ0n) is 15.8. The van der Waals surface area contributed by atoms with Crippen LogP contribution in [0.25, 0.3) is 11.1 Å². The van der Waals surface area contributed by atoms with Crippen molar-refractivity contribution in [2.24, 2.45) is 0 Å². The Kier molecular flexibility index (Phi) is 6.79. The summed E-state index contributed by atoms with van der Waals surface area (Å²) in [4.78, 5) is 23.3. The average molecular weight is 386 g/mol. The Morgan fingerprint density at radius 2 is 1.41 bits per heavy atom. The topological polar surface area (TPSA) is 78.4 Å². The molecule has 0 aliphatic carbocycles. The molecule has 29 heavy (non-hydrogen) atoms. The van der Waals surface area contributed by atoms with Gasteiger partial charge in [-0.1, -0.05) is 78.9 Å². The van der Waals surface area contributed by atoms with Gasteiger partial charge in [-0.3, -0.25) is 0 Å². The summed E-state index contributed by atoms with van der Waals surface area (Å²) in [5.41, 5.74) is 3.82. The molecule has 3 rings (SSSR count). The predicted octanol–water partition coefficient (Wildman–Crippen LogP) is 4.73. The third kappa shape index (κ3) is 6.36. The fourth-order valence-corrected chi connectivity index (χ4v) is 2.95. The summed E-state index contributed by atoms with van der Waals surface area (Å²) in [6.45, 7) is 0. The molecule has 3 aromatic carbocycles. The summed E-state index contributed by atoms with van der Waals surface area (Å²) in [5.74, 6) is -1.05. The van der Waals surface area contributed by atoms with Crippen molar-refractivity contribution in [3.8, 4) is 11.1 Å². The first-order valence-electron chi connectivity index (χ1n) is 9.28. The van der Waals surface area contributed by atoms with Gasteiger partial charge in [-0.15, -0.1) is 0 Å². The largest absolute Gasteiger partial charge is 0.478 e. The second-order valence-corrected chi connectivity index (χ2v) is 6.54. The van der Waals surface area contributed by atoms with Gasteiger partial charge in [0.15, 0.2) is 0 Å². The Morgan fingerprint density at radius 1 is 0.828 bits per heavy atom. The summed E-state index contributed by atoms with van der Waals surface area (Å²) < 4.78 is 0. The van der Waals surface area contributed by atoms with Gasteiger partial charge in [0.05, 0.1) is 6.04 Å². The highest BCUT2D eigenvalue weighted by atomic mass is 16.4. The Bertz CT molecular complexity index is 968. The van der Waals surface area contributed by atoms with E-state index >= 15 is 0 Å². The van der Waals surface area contributed by atoms with Gasteiger partial charge in [-0.25, -0.2) is 9.59 Å². The van der Waals surface area contributed by atoms with Gasteiger partial charge in [0.25, 0.3) is 0 Å². The van der Waals surface area contributed by atoms with Crippen LogP contribution in [0.2, 0.25) is 0 Å². The van der Waals surface area contributed by atoms with E-state index in [9.17, 15) is 9.59 Å². The molecule has 0 aliphatic heterocycles. The van der Waals surface area contributed by atoms with Crippen molar-refractivity contribution in [1.82, 2.24) is 5.32 Å². The highest BCUT2D eigenvalue weighted by Gasteiger charge is 2.11. The minimum Gasteiger partial charge on any atom is -0.478 e. The highest BCUT2D eigenvalue weighted by molar-refractivity contribution is 5.90. The SMILES string of the molecule is O=C(O)C=C[C@@H](Cc1ccccc1)NC(=O)Nc1ccc(-c2ccccc2)cc1. The van der Waals surface area contributed by atoms with Gasteiger partial charge < -0.3 is 15.7 Å². The van der Waals surface area contributed by atoms with E-state index in [0.29, 0.717) is 12.1 Å². The van der Waals surface area contributed by atoms with Crippen molar-refractivity contribution in [2.75, 3.05) is 5.32 Å². The summed E-state index contributed by atoms with van der Waals surface area (Å²) in [6, 6.07) is 26.3. The molecule has 3 aromatic rings. The number of urea groups is 1. The Hall–Kier alpha value is -3.86. The average Bonchev–Trinajstić information content (AvgIpc) is 2.74. The summed E-state index contributed by atoms with van der Waals surface area (Å²) in [7, 11) is 0. The molecule has 3 N–H and O–H groups in total. The number of hydrogen-bond acceptors (Lipinski definition) is 2. The Labute approximate surface area is 169 Å². The van der Waals surface area contributed by atoms with Gasteiger partial charge in [0, 0.05) is 11.8 Å². The molecule has 0 aliphatic rings. The molecule has 0 aromatic heterocycles. The Balaban J connectivity index is 1.63. The fourth-order valence-electron chi connectivity index (χ4n) is 2.95. The smallest absolute Gasteiger partial charge is 0.328 e. The molecule has 0 saturated heterocycles. The number of benzene rings is 3. The van der Waals surface area contributed by atoms with Crippen molar-refractivity contribution >= 4 is 17.7 Å². The molecule has 5 nitrogen and oxygen atoms in total. The van der Waals surface area contributed by atoms with E-state index in [0.717, 1.165) is 22.8 Å². The van der Waals surface area contributed by atoms with E-state index < -0.39 is 18.0 Å². The first kappa shape index (κ1) is 19.9. The maximum absolute atomic E-state index is 12.4. The van der Waals surface area contributed by atoms with Crippen LogP contribution in [0.3, 0.4) is 0 Å². The van der Waals surface area contributed by atoms with Crippen LogP contribution in [-0.4, -0.2) is 23.1 Å². The maximum Gasteiger partial charge on any atom is 0.328 e. The zero-order valence-corrected chi connectivity index (χ0v) is 15.8. The number of carboxylic acid groups (broad SMARTS) is 1. The molecule has 1 atom stereocenters. The quantitative estimate of drug-likeness (QED) is 0.514. The lowest BCUT2D eigenvalue weighted by Crippen LogP contribution is -2.38. The molecule has 2 amide bonds. The standard InChI is InChI=1S/C24H22N2O3/c27-23(28)16-15-22(17-18-7-3-1-4-8-18)26-24(29)25-21-13-11-20(12-14-21)19-9-5-2-6-10-19/h1-16,22H,17H2,(H,27,28)(H2,25,26,29)/t22-/m0/s1. The number of carbonyl (C=O) groups is 2. The van der Waals surface area contributed by atoms with E-state index in [2.05, 4.69) is 10.6 Å². The van der Waals surface area contributed by atoms with Crippen molar-refractivity contribution in [3.05, 3.63) is 103 Å². The van der Waals surface area contributed by atoms with Crippen LogP contribution < -0.4 is 10.6 Å².